The van der Waals surface area contributed by atoms with Gasteiger partial charge in [0.05, 0.1) is 6.10 Å². The fraction of sp³-hybridized carbons (Fsp3) is 1.00. The molecular formula is C5H9F3O. The predicted molar refractivity (Wildman–Crippen MR) is 27.0 cm³/mol. The maximum absolute atomic E-state index is 11.3. The highest BCUT2D eigenvalue weighted by Crippen LogP contribution is 2.21. The van der Waals surface area contributed by atoms with Gasteiger partial charge in [-0.15, -0.1) is 0 Å². The molecule has 0 aliphatic rings. The third-order valence-electron chi connectivity index (χ3n) is 0.846. The molecule has 0 saturated carbocycles. The molecule has 1 atom stereocenters. The monoisotopic (exact) mass is 142 g/mol. The molecule has 0 rings (SSSR count). The van der Waals surface area contributed by atoms with Gasteiger partial charge < -0.3 is 5.11 Å². The van der Waals surface area contributed by atoms with Gasteiger partial charge in [-0.25, -0.2) is 0 Å². The van der Waals surface area contributed by atoms with Crippen molar-refractivity contribution in [1.82, 2.24) is 0 Å². The van der Waals surface area contributed by atoms with Crippen LogP contribution in [0.2, 0.25) is 0 Å². The van der Waals surface area contributed by atoms with Crippen LogP contribution in [0.3, 0.4) is 0 Å². The minimum absolute atomic E-state index is 0.205. The lowest BCUT2D eigenvalue weighted by Gasteiger charge is -2.06. The molecule has 0 amide bonds. The summed E-state index contributed by atoms with van der Waals surface area (Å²) in [4.78, 5) is 0. The molecule has 0 radical (unpaired) electrons. The first-order valence-corrected chi connectivity index (χ1v) is 2.66. The Hall–Kier alpha value is -0.250. The highest BCUT2D eigenvalue weighted by Gasteiger charge is 2.26. The summed E-state index contributed by atoms with van der Waals surface area (Å²) in [5, 5.41) is 8.42. The fourth-order valence-electron chi connectivity index (χ4n) is 0.373. The summed E-state index contributed by atoms with van der Waals surface area (Å²) in [6.45, 7) is 1.34. The summed E-state index contributed by atoms with van der Waals surface area (Å²) < 4.78 is 33.9. The maximum atomic E-state index is 11.3. The number of hydrogen-bond donors (Lipinski definition) is 1. The van der Waals surface area contributed by atoms with Crippen molar-refractivity contribution in [2.24, 2.45) is 0 Å². The summed E-state index contributed by atoms with van der Waals surface area (Å²) in [6, 6.07) is 0. The Morgan fingerprint density at radius 1 is 1.44 bits per heavy atom. The molecular weight excluding hydrogens is 133 g/mol. The van der Waals surface area contributed by atoms with E-state index in [1.165, 1.54) is 6.92 Å². The molecule has 4 heteroatoms. The largest absolute Gasteiger partial charge is 0.393 e. The standard InChI is InChI=1S/C5H9F3O/c1-4(9)2-3-5(6,7)8/h4,9H,2-3H2,1H3/t4-/m1/s1. The molecule has 0 aromatic rings. The molecule has 0 aliphatic heterocycles. The summed E-state index contributed by atoms with van der Waals surface area (Å²) in [5.74, 6) is 0. The first kappa shape index (κ1) is 8.75. The second kappa shape index (κ2) is 3.06. The molecule has 0 unspecified atom stereocenters. The number of rotatable bonds is 2. The Morgan fingerprint density at radius 2 is 1.89 bits per heavy atom. The van der Waals surface area contributed by atoms with Crippen molar-refractivity contribution in [1.29, 1.82) is 0 Å². The average Bonchev–Trinajstić information content (AvgIpc) is 1.59. The van der Waals surface area contributed by atoms with Crippen LogP contribution in [-0.2, 0) is 0 Å². The third-order valence-corrected chi connectivity index (χ3v) is 0.846. The minimum Gasteiger partial charge on any atom is -0.393 e. The van der Waals surface area contributed by atoms with Gasteiger partial charge in [-0.2, -0.15) is 13.2 Å². The maximum Gasteiger partial charge on any atom is 0.389 e. The van der Waals surface area contributed by atoms with Crippen LogP contribution in [0.25, 0.3) is 0 Å². The number of aliphatic hydroxyl groups is 1. The average molecular weight is 142 g/mol. The first-order chi connectivity index (χ1) is 3.92. The molecule has 1 N–H and O–H groups in total. The van der Waals surface area contributed by atoms with Crippen LogP contribution in [0.15, 0.2) is 0 Å². The smallest absolute Gasteiger partial charge is 0.389 e. The van der Waals surface area contributed by atoms with Gasteiger partial charge in [0, 0.05) is 6.42 Å². The Morgan fingerprint density at radius 3 is 2.00 bits per heavy atom. The van der Waals surface area contributed by atoms with Crippen LogP contribution in [-0.4, -0.2) is 17.4 Å². The Kier molecular flexibility index (Phi) is 2.97. The number of alkyl halides is 3. The predicted octanol–water partition coefficient (Wildman–Crippen LogP) is 1.71. The van der Waals surface area contributed by atoms with Crippen LogP contribution in [0.1, 0.15) is 19.8 Å². The first-order valence-electron chi connectivity index (χ1n) is 2.66. The van der Waals surface area contributed by atoms with Crippen molar-refractivity contribution in [2.75, 3.05) is 0 Å². The van der Waals surface area contributed by atoms with Crippen LogP contribution in [0.4, 0.5) is 13.2 Å². The molecule has 0 heterocycles. The van der Waals surface area contributed by atoms with Crippen LogP contribution >= 0.6 is 0 Å². The Bertz CT molecular complexity index is 76.8. The number of aliphatic hydroxyl groups excluding tert-OH is 1. The van der Waals surface area contributed by atoms with Crippen molar-refractivity contribution >= 4 is 0 Å². The van der Waals surface area contributed by atoms with Crippen LogP contribution < -0.4 is 0 Å². The van der Waals surface area contributed by atoms with Gasteiger partial charge in [-0.1, -0.05) is 0 Å². The highest BCUT2D eigenvalue weighted by molar-refractivity contribution is 4.53. The van der Waals surface area contributed by atoms with Crippen LogP contribution in [0, 0.1) is 0 Å². The zero-order valence-corrected chi connectivity index (χ0v) is 5.07. The Labute approximate surface area is 51.5 Å². The SMILES string of the molecule is C[C@@H](O)CCC(F)(F)F. The number of halogens is 3. The minimum atomic E-state index is -4.13. The molecule has 0 saturated heterocycles. The summed E-state index contributed by atoms with van der Waals surface area (Å²) in [6.07, 6.45) is -6.09. The van der Waals surface area contributed by atoms with Gasteiger partial charge in [0.15, 0.2) is 0 Å². The van der Waals surface area contributed by atoms with Gasteiger partial charge in [0.1, 0.15) is 0 Å². The third kappa shape index (κ3) is 7.75. The summed E-state index contributed by atoms with van der Waals surface area (Å²) >= 11 is 0. The van der Waals surface area contributed by atoms with Gasteiger partial charge in [-0.3, -0.25) is 0 Å². The quantitative estimate of drug-likeness (QED) is 0.622. The zero-order valence-electron chi connectivity index (χ0n) is 5.07. The van der Waals surface area contributed by atoms with Crippen molar-refractivity contribution in [2.45, 2.75) is 32.0 Å². The molecule has 1 nitrogen and oxygen atoms in total. The fourth-order valence-corrected chi connectivity index (χ4v) is 0.373. The lowest BCUT2D eigenvalue weighted by molar-refractivity contribution is -0.139. The van der Waals surface area contributed by atoms with Crippen LogP contribution in [0.5, 0.6) is 0 Å². The van der Waals surface area contributed by atoms with E-state index in [0.717, 1.165) is 0 Å². The zero-order chi connectivity index (χ0) is 7.49. The van der Waals surface area contributed by atoms with E-state index < -0.39 is 18.7 Å². The van der Waals surface area contributed by atoms with Crippen molar-refractivity contribution in [3.63, 3.8) is 0 Å². The molecule has 9 heavy (non-hydrogen) atoms. The van der Waals surface area contributed by atoms with E-state index in [1.54, 1.807) is 0 Å². The lowest BCUT2D eigenvalue weighted by atomic mass is 10.2. The normalized spacial score (nSPS) is 15.7. The lowest BCUT2D eigenvalue weighted by Crippen LogP contribution is -2.11. The van der Waals surface area contributed by atoms with Crippen molar-refractivity contribution in [3.8, 4) is 0 Å². The van der Waals surface area contributed by atoms with Gasteiger partial charge >= 0.3 is 6.18 Å². The molecule has 0 fully saturated rings. The van der Waals surface area contributed by atoms with E-state index in [1.807, 2.05) is 0 Å². The Balaban J connectivity index is 3.28. The summed E-state index contributed by atoms with van der Waals surface area (Å²) in [5.41, 5.74) is 0. The second-order valence-corrected chi connectivity index (χ2v) is 2.00. The number of hydrogen-bond acceptors (Lipinski definition) is 1. The van der Waals surface area contributed by atoms with E-state index in [-0.39, 0.29) is 6.42 Å². The van der Waals surface area contributed by atoms with E-state index in [2.05, 4.69) is 0 Å². The second-order valence-electron chi connectivity index (χ2n) is 2.00. The summed E-state index contributed by atoms with van der Waals surface area (Å²) in [7, 11) is 0. The molecule has 56 valence electrons. The molecule has 0 bridgehead atoms. The topological polar surface area (TPSA) is 20.2 Å². The molecule has 0 aromatic carbocycles. The molecule has 0 spiro atoms. The van der Waals surface area contributed by atoms with Gasteiger partial charge in [-0.05, 0) is 13.3 Å². The highest BCUT2D eigenvalue weighted by atomic mass is 19.4. The van der Waals surface area contributed by atoms with E-state index in [0.29, 0.717) is 0 Å². The van der Waals surface area contributed by atoms with Crippen molar-refractivity contribution < 1.29 is 18.3 Å². The van der Waals surface area contributed by atoms with Gasteiger partial charge in [0.25, 0.3) is 0 Å². The van der Waals surface area contributed by atoms with Crippen molar-refractivity contribution in [3.05, 3.63) is 0 Å². The van der Waals surface area contributed by atoms with Gasteiger partial charge in [0.2, 0.25) is 0 Å². The van der Waals surface area contributed by atoms with E-state index in [9.17, 15) is 13.2 Å². The molecule has 0 aromatic heterocycles. The van der Waals surface area contributed by atoms with E-state index in [4.69, 9.17) is 5.11 Å². The molecule has 0 aliphatic carbocycles. The van der Waals surface area contributed by atoms with E-state index >= 15 is 0 Å².